The van der Waals surface area contributed by atoms with Crippen LogP contribution in [0.1, 0.15) is 54.4 Å². The van der Waals surface area contributed by atoms with Gasteiger partial charge >= 0.3 is 0 Å². The van der Waals surface area contributed by atoms with Gasteiger partial charge in [-0.15, -0.1) is 0 Å². The predicted molar refractivity (Wildman–Crippen MR) is 127 cm³/mol. The highest BCUT2D eigenvalue weighted by atomic mass is 32.2. The van der Waals surface area contributed by atoms with Gasteiger partial charge in [-0.3, -0.25) is 9.59 Å². The lowest BCUT2D eigenvalue weighted by atomic mass is 10.1. The fourth-order valence-electron chi connectivity index (χ4n) is 2.82. The minimum absolute atomic E-state index is 0.0301. The Hall–Kier alpha value is -0.120. The summed E-state index contributed by atoms with van der Waals surface area (Å²) in [4.78, 5) is 22.4. The molecule has 0 aliphatic heterocycles. The van der Waals surface area contributed by atoms with Crippen molar-refractivity contribution in [2.24, 2.45) is 0 Å². The maximum atomic E-state index is 11.2. The SMILES string of the molecule is CC(=O)CC(C)(C)SCCOCCOCCOCCOCCSC(C)(C)CC(C)=O. The van der Waals surface area contributed by atoms with Crippen LogP contribution in [0.15, 0.2) is 0 Å². The first kappa shape index (κ1) is 29.9. The Balaban J connectivity index is 3.32. The predicted octanol–water partition coefficient (Wildman–Crippen LogP) is 4.03. The van der Waals surface area contributed by atoms with Crippen LogP contribution < -0.4 is 0 Å². The fraction of sp³-hybridized carbons (Fsp3) is 0.909. The Labute approximate surface area is 191 Å². The van der Waals surface area contributed by atoms with Crippen LogP contribution in [0, 0.1) is 0 Å². The lowest BCUT2D eigenvalue weighted by Crippen LogP contribution is -2.20. The molecule has 0 aromatic rings. The summed E-state index contributed by atoms with van der Waals surface area (Å²) < 4.78 is 22.0. The molecule has 178 valence electrons. The highest BCUT2D eigenvalue weighted by molar-refractivity contribution is 8.00. The van der Waals surface area contributed by atoms with Gasteiger partial charge in [0, 0.05) is 33.8 Å². The van der Waals surface area contributed by atoms with Crippen LogP contribution in [0.25, 0.3) is 0 Å². The Morgan fingerprint density at radius 2 is 0.833 bits per heavy atom. The number of rotatable bonds is 21. The Bertz CT molecular complexity index is 427. The maximum absolute atomic E-state index is 11.2. The third kappa shape index (κ3) is 21.1. The molecular weight excluding hydrogens is 424 g/mol. The van der Waals surface area contributed by atoms with E-state index in [4.69, 9.17) is 18.9 Å². The fourth-order valence-corrected chi connectivity index (χ4v) is 4.93. The molecule has 6 nitrogen and oxygen atoms in total. The molecular formula is C22H42O6S2. The molecule has 30 heavy (non-hydrogen) atoms. The second-order valence-electron chi connectivity index (χ2n) is 8.42. The van der Waals surface area contributed by atoms with Crippen LogP contribution in [0.2, 0.25) is 0 Å². The van der Waals surface area contributed by atoms with Crippen molar-refractivity contribution in [3.63, 3.8) is 0 Å². The summed E-state index contributed by atoms with van der Waals surface area (Å²) in [6.45, 7) is 16.2. The minimum atomic E-state index is -0.0301. The molecule has 0 radical (unpaired) electrons. The van der Waals surface area contributed by atoms with Gasteiger partial charge in [-0.2, -0.15) is 23.5 Å². The first-order valence-corrected chi connectivity index (χ1v) is 12.6. The second-order valence-corrected chi connectivity index (χ2v) is 12.0. The molecule has 0 aliphatic rings. The first-order chi connectivity index (χ1) is 14.0. The third-order valence-electron chi connectivity index (χ3n) is 3.91. The Morgan fingerprint density at radius 1 is 0.567 bits per heavy atom. The van der Waals surface area contributed by atoms with E-state index in [9.17, 15) is 9.59 Å². The number of thioether (sulfide) groups is 2. The largest absolute Gasteiger partial charge is 0.378 e. The first-order valence-electron chi connectivity index (χ1n) is 10.6. The zero-order valence-corrected chi connectivity index (χ0v) is 21.4. The van der Waals surface area contributed by atoms with Gasteiger partial charge in [0.15, 0.2) is 0 Å². The molecule has 0 spiro atoms. The summed E-state index contributed by atoms with van der Waals surface area (Å²) in [6, 6.07) is 0. The van der Waals surface area contributed by atoms with Gasteiger partial charge in [0.25, 0.3) is 0 Å². The van der Waals surface area contributed by atoms with Gasteiger partial charge in [0.1, 0.15) is 11.6 Å². The molecule has 0 aromatic heterocycles. The number of hydrogen-bond acceptors (Lipinski definition) is 8. The van der Waals surface area contributed by atoms with Crippen molar-refractivity contribution in [3.05, 3.63) is 0 Å². The van der Waals surface area contributed by atoms with Crippen LogP contribution in [0.5, 0.6) is 0 Å². The van der Waals surface area contributed by atoms with E-state index in [2.05, 4.69) is 27.7 Å². The molecule has 0 rings (SSSR count). The molecule has 0 fully saturated rings. The number of ketones is 2. The number of Topliss-reactive ketones (excluding diaryl/α,β-unsaturated/α-hetero) is 2. The molecule has 0 heterocycles. The van der Waals surface area contributed by atoms with E-state index in [0.717, 1.165) is 11.5 Å². The van der Waals surface area contributed by atoms with Crippen LogP contribution in [-0.2, 0) is 28.5 Å². The van der Waals surface area contributed by atoms with Crippen LogP contribution in [0.4, 0.5) is 0 Å². The summed E-state index contributed by atoms with van der Waals surface area (Å²) in [7, 11) is 0. The van der Waals surface area contributed by atoms with E-state index in [-0.39, 0.29) is 21.1 Å². The number of ether oxygens (including phenoxy) is 4. The van der Waals surface area contributed by atoms with E-state index in [1.807, 2.05) is 0 Å². The van der Waals surface area contributed by atoms with Crippen LogP contribution in [-0.4, -0.2) is 85.4 Å². The number of carbonyl (C=O) groups is 2. The van der Waals surface area contributed by atoms with Crippen molar-refractivity contribution >= 4 is 35.1 Å². The average molecular weight is 467 g/mol. The third-order valence-corrected chi connectivity index (χ3v) is 6.50. The highest BCUT2D eigenvalue weighted by Crippen LogP contribution is 2.28. The van der Waals surface area contributed by atoms with Crippen molar-refractivity contribution in [1.82, 2.24) is 0 Å². The molecule has 0 bridgehead atoms. The van der Waals surface area contributed by atoms with E-state index in [1.54, 1.807) is 37.4 Å². The van der Waals surface area contributed by atoms with Gasteiger partial charge in [0.2, 0.25) is 0 Å². The van der Waals surface area contributed by atoms with Crippen molar-refractivity contribution in [1.29, 1.82) is 0 Å². The van der Waals surface area contributed by atoms with Gasteiger partial charge in [0.05, 0.1) is 52.9 Å². The summed E-state index contributed by atoms with van der Waals surface area (Å²) in [5.41, 5.74) is 0. The summed E-state index contributed by atoms with van der Waals surface area (Å²) in [6.07, 6.45) is 1.17. The molecule has 8 heteroatoms. The molecule has 0 N–H and O–H groups in total. The van der Waals surface area contributed by atoms with E-state index in [1.165, 1.54) is 0 Å². The maximum Gasteiger partial charge on any atom is 0.131 e. The van der Waals surface area contributed by atoms with Gasteiger partial charge in [-0.1, -0.05) is 27.7 Å². The Kier molecular flexibility index (Phi) is 17.4. The zero-order chi connectivity index (χ0) is 22.9. The summed E-state index contributed by atoms with van der Waals surface area (Å²) in [5.74, 6) is 2.19. The highest BCUT2D eigenvalue weighted by Gasteiger charge is 2.20. The Morgan fingerprint density at radius 3 is 1.10 bits per heavy atom. The molecule has 0 unspecified atom stereocenters. The van der Waals surface area contributed by atoms with Crippen molar-refractivity contribution < 1.29 is 28.5 Å². The van der Waals surface area contributed by atoms with Crippen LogP contribution >= 0.6 is 23.5 Å². The number of hydrogen-bond donors (Lipinski definition) is 0. The zero-order valence-electron chi connectivity index (χ0n) is 19.8. The molecule has 0 aromatic carbocycles. The molecule has 0 atom stereocenters. The van der Waals surface area contributed by atoms with Gasteiger partial charge in [-0.25, -0.2) is 0 Å². The van der Waals surface area contributed by atoms with E-state index in [0.29, 0.717) is 65.7 Å². The van der Waals surface area contributed by atoms with E-state index >= 15 is 0 Å². The van der Waals surface area contributed by atoms with Gasteiger partial charge < -0.3 is 18.9 Å². The van der Waals surface area contributed by atoms with Crippen LogP contribution in [0.3, 0.4) is 0 Å². The smallest absolute Gasteiger partial charge is 0.131 e. The lowest BCUT2D eigenvalue weighted by molar-refractivity contribution is -0.118. The molecule has 0 saturated carbocycles. The molecule has 0 aliphatic carbocycles. The molecule has 0 amide bonds. The topological polar surface area (TPSA) is 71.1 Å². The lowest BCUT2D eigenvalue weighted by Gasteiger charge is -2.22. The minimum Gasteiger partial charge on any atom is -0.378 e. The number of carbonyl (C=O) groups excluding carboxylic acids is 2. The van der Waals surface area contributed by atoms with Crippen molar-refractivity contribution in [2.75, 3.05) is 64.4 Å². The second kappa shape index (κ2) is 17.4. The summed E-state index contributed by atoms with van der Waals surface area (Å²) >= 11 is 3.52. The van der Waals surface area contributed by atoms with Crippen molar-refractivity contribution in [2.45, 2.75) is 63.9 Å². The normalized spacial score (nSPS) is 12.3. The standard InChI is InChI=1S/C22H42O6S2/c1-19(23)17-21(3,4)29-15-13-27-11-9-25-7-8-26-10-12-28-14-16-30-22(5,6)18-20(2)24/h7-18H2,1-6H3. The monoisotopic (exact) mass is 466 g/mol. The quantitative estimate of drug-likeness (QED) is 0.235. The average Bonchev–Trinajstić information content (AvgIpc) is 2.59. The van der Waals surface area contributed by atoms with Gasteiger partial charge in [-0.05, 0) is 13.8 Å². The molecule has 0 saturated heterocycles. The summed E-state index contributed by atoms with van der Waals surface area (Å²) in [5, 5.41) is 0. The van der Waals surface area contributed by atoms with E-state index < -0.39 is 0 Å². The van der Waals surface area contributed by atoms with Crippen molar-refractivity contribution in [3.8, 4) is 0 Å².